The molecule has 3 aromatic rings. The molecule has 0 aliphatic carbocycles. The second kappa shape index (κ2) is 12.9. The minimum absolute atomic E-state index is 0.194. The number of rotatable bonds is 10. The van der Waals surface area contributed by atoms with Crippen molar-refractivity contribution in [2.75, 3.05) is 0 Å². The van der Waals surface area contributed by atoms with Crippen LogP contribution in [0.4, 0.5) is 0 Å². The standard InChI is InChI=1S/C22H30.C11H16O/c1-5-21(6-2,19-15-11-9-12-16-19)22(7-3,8-4)20-17-13-10-14-18-20;1-3-11(12,4-2)10-8-6-5-7-9-10/h9-18H,5-8H2,1-4H3;5-9,12H,3-4H2,1-2H3. The average Bonchev–Trinajstić information content (AvgIpc) is 2.93. The summed E-state index contributed by atoms with van der Waals surface area (Å²) in [5.41, 5.74) is 3.77. The van der Waals surface area contributed by atoms with Crippen molar-refractivity contribution >= 4 is 0 Å². The van der Waals surface area contributed by atoms with Crippen LogP contribution in [0.15, 0.2) is 91.0 Å². The van der Waals surface area contributed by atoms with Crippen LogP contribution in [-0.2, 0) is 16.4 Å². The highest BCUT2D eigenvalue weighted by atomic mass is 16.3. The highest BCUT2D eigenvalue weighted by molar-refractivity contribution is 5.39. The molecule has 1 nitrogen and oxygen atoms in total. The molecule has 1 heteroatoms. The van der Waals surface area contributed by atoms with E-state index in [0.29, 0.717) is 0 Å². The van der Waals surface area contributed by atoms with E-state index in [1.807, 2.05) is 44.2 Å². The molecule has 0 spiro atoms. The van der Waals surface area contributed by atoms with E-state index < -0.39 is 5.60 Å². The van der Waals surface area contributed by atoms with Crippen LogP contribution in [0.3, 0.4) is 0 Å². The third kappa shape index (κ3) is 5.47. The van der Waals surface area contributed by atoms with Crippen LogP contribution in [0.1, 0.15) is 96.8 Å². The van der Waals surface area contributed by atoms with E-state index >= 15 is 0 Å². The van der Waals surface area contributed by atoms with E-state index in [1.165, 1.54) is 36.8 Å². The Bertz CT molecular complexity index is 865. The lowest BCUT2D eigenvalue weighted by Crippen LogP contribution is -2.48. The Kier molecular flexibility index (Phi) is 10.6. The number of benzene rings is 3. The molecule has 184 valence electrons. The Morgan fingerprint density at radius 2 is 0.676 bits per heavy atom. The molecule has 0 bridgehead atoms. The molecule has 0 atom stereocenters. The van der Waals surface area contributed by atoms with Gasteiger partial charge < -0.3 is 5.11 Å². The molecule has 0 aromatic heterocycles. The van der Waals surface area contributed by atoms with Crippen LogP contribution in [0.2, 0.25) is 0 Å². The van der Waals surface area contributed by atoms with Gasteiger partial charge in [0.25, 0.3) is 0 Å². The Labute approximate surface area is 209 Å². The van der Waals surface area contributed by atoms with Crippen LogP contribution in [-0.4, -0.2) is 5.11 Å². The Morgan fingerprint density at radius 3 is 0.912 bits per heavy atom. The van der Waals surface area contributed by atoms with E-state index in [1.54, 1.807) is 0 Å². The summed E-state index contributed by atoms with van der Waals surface area (Å²) in [5.74, 6) is 0. The molecule has 0 aliphatic rings. The van der Waals surface area contributed by atoms with E-state index in [4.69, 9.17) is 0 Å². The predicted octanol–water partition coefficient (Wildman–Crippen LogP) is 9.20. The molecule has 3 aromatic carbocycles. The first-order chi connectivity index (χ1) is 16.4. The molecule has 0 amide bonds. The van der Waals surface area contributed by atoms with Crippen LogP contribution < -0.4 is 0 Å². The van der Waals surface area contributed by atoms with Gasteiger partial charge in [-0.25, -0.2) is 0 Å². The zero-order valence-corrected chi connectivity index (χ0v) is 22.4. The second-order valence-corrected chi connectivity index (χ2v) is 9.42. The molecule has 0 radical (unpaired) electrons. The molecule has 0 heterocycles. The number of hydrogen-bond donors (Lipinski definition) is 1. The molecular formula is C33H46O. The van der Waals surface area contributed by atoms with Crippen molar-refractivity contribution in [3.8, 4) is 0 Å². The van der Waals surface area contributed by atoms with Gasteiger partial charge in [0.2, 0.25) is 0 Å². The average molecular weight is 459 g/mol. The molecule has 0 fully saturated rings. The summed E-state index contributed by atoms with van der Waals surface area (Å²) >= 11 is 0. The van der Waals surface area contributed by atoms with E-state index in [2.05, 4.69) is 88.4 Å². The first-order valence-corrected chi connectivity index (χ1v) is 13.3. The van der Waals surface area contributed by atoms with Gasteiger partial charge in [-0.1, -0.05) is 133 Å². The highest BCUT2D eigenvalue weighted by Crippen LogP contribution is 2.53. The first-order valence-electron chi connectivity index (χ1n) is 13.3. The van der Waals surface area contributed by atoms with E-state index in [-0.39, 0.29) is 10.8 Å². The molecule has 3 rings (SSSR count). The Balaban J connectivity index is 0.000000287. The molecule has 0 saturated carbocycles. The molecule has 34 heavy (non-hydrogen) atoms. The van der Waals surface area contributed by atoms with Gasteiger partial charge in [-0.05, 0) is 55.2 Å². The van der Waals surface area contributed by atoms with Crippen molar-refractivity contribution in [2.24, 2.45) is 0 Å². The summed E-state index contributed by atoms with van der Waals surface area (Å²) < 4.78 is 0. The SMILES string of the molecule is CCC(CC)(c1ccccc1)C(CC)(CC)c1ccccc1.CCC(O)(CC)c1ccccc1. The van der Waals surface area contributed by atoms with Crippen LogP contribution in [0.5, 0.6) is 0 Å². The van der Waals surface area contributed by atoms with Crippen LogP contribution in [0.25, 0.3) is 0 Å². The monoisotopic (exact) mass is 458 g/mol. The lowest BCUT2D eigenvalue weighted by atomic mass is 9.52. The summed E-state index contributed by atoms with van der Waals surface area (Å²) in [6, 6.07) is 32.2. The summed E-state index contributed by atoms with van der Waals surface area (Å²) in [4.78, 5) is 0. The normalized spacial score (nSPS) is 12.1. The third-order valence-corrected chi connectivity index (χ3v) is 8.46. The lowest BCUT2D eigenvalue weighted by Gasteiger charge is -2.51. The molecule has 0 aliphatic heterocycles. The Hall–Kier alpha value is -2.38. The van der Waals surface area contributed by atoms with Gasteiger partial charge in [-0.15, -0.1) is 0 Å². The molecular weight excluding hydrogens is 412 g/mol. The second-order valence-electron chi connectivity index (χ2n) is 9.42. The smallest absolute Gasteiger partial charge is 0.0891 e. The topological polar surface area (TPSA) is 20.2 Å². The highest BCUT2D eigenvalue weighted by Gasteiger charge is 2.48. The van der Waals surface area contributed by atoms with Gasteiger partial charge in [-0.2, -0.15) is 0 Å². The summed E-state index contributed by atoms with van der Waals surface area (Å²) in [6.45, 7) is 13.5. The fourth-order valence-corrected chi connectivity index (χ4v) is 6.14. The van der Waals surface area contributed by atoms with Gasteiger partial charge in [0.05, 0.1) is 5.60 Å². The first kappa shape index (κ1) is 27.9. The molecule has 1 N–H and O–H groups in total. The van der Waals surface area contributed by atoms with Crippen molar-refractivity contribution in [1.82, 2.24) is 0 Å². The number of hydrogen-bond acceptors (Lipinski definition) is 1. The summed E-state index contributed by atoms with van der Waals surface area (Å²) in [7, 11) is 0. The third-order valence-electron chi connectivity index (χ3n) is 8.46. The van der Waals surface area contributed by atoms with Gasteiger partial charge in [0.15, 0.2) is 0 Å². The lowest BCUT2D eigenvalue weighted by molar-refractivity contribution is 0.0284. The minimum Gasteiger partial charge on any atom is -0.385 e. The quantitative estimate of drug-likeness (QED) is 0.321. The van der Waals surface area contributed by atoms with Crippen LogP contribution in [0, 0.1) is 0 Å². The fraction of sp³-hybridized carbons (Fsp3) is 0.455. The van der Waals surface area contributed by atoms with Crippen molar-refractivity contribution in [3.05, 3.63) is 108 Å². The van der Waals surface area contributed by atoms with Gasteiger partial charge in [-0.3, -0.25) is 0 Å². The van der Waals surface area contributed by atoms with Crippen molar-refractivity contribution in [3.63, 3.8) is 0 Å². The minimum atomic E-state index is -0.624. The van der Waals surface area contributed by atoms with E-state index in [9.17, 15) is 5.11 Å². The maximum absolute atomic E-state index is 10.1. The Morgan fingerprint density at radius 1 is 0.412 bits per heavy atom. The summed E-state index contributed by atoms with van der Waals surface area (Å²) in [5, 5.41) is 10.1. The maximum atomic E-state index is 10.1. The molecule has 0 saturated heterocycles. The van der Waals surface area contributed by atoms with Gasteiger partial charge >= 0.3 is 0 Å². The zero-order valence-electron chi connectivity index (χ0n) is 22.4. The van der Waals surface area contributed by atoms with Crippen molar-refractivity contribution in [1.29, 1.82) is 0 Å². The summed E-state index contributed by atoms with van der Waals surface area (Å²) in [6.07, 6.45) is 6.23. The van der Waals surface area contributed by atoms with Crippen molar-refractivity contribution in [2.45, 2.75) is 96.5 Å². The fourth-order valence-electron chi connectivity index (χ4n) is 6.14. The number of aliphatic hydroxyl groups is 1. The van der Waals surface area contributed by atoms with Gasteiger partial charge in [0, 0.05) is 10.8 Å². The largest absolute Gasteiger partial charge is 0.385 e. The van der Waals surface area contributed by atoms with E-state index in [0.717, 1.165) is 18.4 Å². The maximum Gasteiger partial charge on any atom is 0.0891 e. The van der Waals surface area contributed by atoms with Crippen molar-refractivity contribution < 1.29 is 5.11 Å². The van der Waals surface area contributed by atoms with Crippen LogP contribution >= 0.6 is 0 Å². The van der Waals surface area contributed by atoms with Gasteiger partial charge in [0.1, 0.15) is 0 Å². The zero-order chi connectivity index (χ0) is 25.1. The molecule has 0 unspecified atom stereocenters. The predicted molar refractivity (Wildman–Crippen MR) is 148 cm³/mol.